The summed E-state index contributed by atoms with van der Waals surface area (Å²) in [7, 11) is 0. The van der Waals surface area contributed by atoms with Gasteiger partial charge in [-0.1, -0.05) is 18.2 Å². The highest BCUT2D eigenvalue weighted by Gasteiger charge is 2.45. The average Bonchev–Trinajstić information content (AvgIpc) is 3.28. The molecule has 1 fully saturated rings. The van der Waals surface area contributed by atoms with Gasteiger partial charge in [-0.25, -0.2) is 4.39 Å². The lowest BCUT2D eigenvalue weighted by Crippen LogP contribution is -2.14. The minimum absolute atomic E-state index is 0.0142. The summed E-state index contributed by atoms with van der Waals surface area (Å²) in [6.45, 7) is 1.50. The molecule has 2 unspecified atom stereocenters. The number of carbonyl (C=O) groups excluding carboxylic acids is 2. The summed E-state index contributed by atoms with van der Waals surface area (Å²) in [5.41, 5.74) is 1.86. The Balaban J connectivity index is 1.64. The van der Waals surface area contributed by atoms with Crippen molar-refractivity contribution in [1.82, 2.24) is 0 Å². The smallest absolute Gasteiger partial charge is 0.228 e. The van der Waals surface area contributed by atoms with Gasteiger partial charge in [0.2, 0.25) is 5.91 Å². The van der Waals surface area contributed by atoms with Crippen LogP contribution in [0, 0.1) is 11.7 Å². The second-order valence-corrected chi connectivity index (χ2v) is 5.59. The SMILES string of the molecule is CC(=O)c1ccc(NC(=O)C2CC2c2ccccc2F)cc1. The third-order valence-electron chi connectivity index (χ3n) is 3.99. The molecule has 2 aromatic carbocycles. The van der Waals surface area contributed by atoms with Crippen LogP contribution in [0.5, 0.6) is 0 Å². The standard InChI is InChI=1S/C18H16FNO2/c1-11(21)12-6-8-13(9-7-12)20-18(22)16-10-15(16)14-4-2-3-5-17(14)19/h2-9,15-16H,10H2,1H3,(H,20,22). The minimum atomic E-state index is -0.256. The normalized spacial score (nSPS) is 19.5. The van der Waals surface area contributed by atoms with Crippen LogP contribution in [0.15, 0.2) is 48.5 Å². The number of ketones is 1. The number of hydrogen-bond acceptors (Lipinski definition) is 2. The quantitative estimate of drug-likeness (QED) is 0.873. The fourth-order valence-electron chi connectivity index (χ4n) is 2.63. The van der Waals surface area contributed by atoms with Crippen molar-refractivity contribution in [3.63, 3.8) is 0 Å². The third kappa shape index (κ3) is 2.91. The number of nitrogens with one attached hydrogen (secondary N) is 1. The van der Waals surface area contributed by atoms with Crippen molar-refractivity contribution in [2.75, 3.05) is 5.32 Å². The molecular formula is C18H16FNO2. The summed E-state index contributed by atoms with van der Waals surface area (Å²) in [5.74, 6) is -0.612. The molecule has 3 rings (SSSR count). The number of halogens is 1. The average molecular weight is 297 g/mol. The second-order valence-electron chi connectivity index (χ2n) is 5.59. The first-order valence-corrected chi connectivity index (χ1v) is 7.22. The summed E-state index contributed by atoms with van der Waals surface area (Å²) in [4.78, 5) is 23.4. The van der Waals surface area contributed by atoms with Crippen molar-refractivity contribution in [1.29, 1.82) is 0 Å². The van der Waals surface area contributed by atoms with E-state index >= 15 is 0 Å². The number of benzene rings is 2. The number of anilines is 1. The molecule has 22 heavy (non-hydrogen) atoms. The second kappa shape index (κ2) is 5.72. The van der Waals surface area contributed by atoms with E-state index in [1.54, 1.807) is 42.5 Å². The Morgan fingerprint density at radius 3 is 2.41 bits per heavy atom. The number of Topliss-reactive ketones (excluding diaryl/α,β-unsaturated/α-hetero) is 1. The van der Waals surface area contributed by atoms with Gasteiger partial charge in [-0.15, -0.1) is 0 Å². The Bertz CT molecular complexity index is 724. The number of rotatable bonds is 4. The maximum atomic E-state index is 13.7. The van der Waals surface area contributed by atoms with Crippen LogP contribution >= 0.6 is 0 Å². The largest absolute Gasteiger partial charge is 0.326 e. The Morgan fingerprint density at radius 2 is 1.77 bits per heavy atom. The zero-order chi connectivity index (χ0) is 15.7. The maximum absolute atomic E-state index is 13.7. The summed E-state index contributed by atoms with van der Waals surface area (Å²) in [5, 5.41) is 2.82. The predicted octanol–water partition coefficient (Wildman–Crippen LogP) is 3.77. The molecule has 0 spiro atoms. The molecule has 2 aromatic rings. The molecule has 2 atom stereocenters. The molecule has 0 saturated heterocycles. The fraction of sp³-hybridized carbons (Fsp3) is 0.222. The van der Waals surface area contributed by atoms with Crippen LogP contribution in [0.2, 0.25) is 0 Å². The minimum Gasteiger partial charge on any atom is -0.326 e. The van der Waals surface area contributed by atoms with Gasteiger partial charge in [0.15, 0.2) is 5.78 Å². The van der Waals surface area contributed by atoms with Gasteiger partial charge in [0, 0.05) is 17.2 Å². The monoisotopic (exact) mass is 297 g/mol. The highest BCUT2D eigenvalue weighted by atomic mass is 19.1. The van der Waals surface area contributed by atoms with Crippen molar-refractivity contribution in [2.24, 2.45) is 5.92 Å². The van der Waals surface area contributed by atoms with Crippen LogP contribution in [-0.4, -0.2) is 11.7 Å². The molecule has 0 radical (unpaired) electrons. The van der Waals surface area contributed by atoms with E-state index in [-0.39, 0.29) is 29.3 Å². The van der Waals surface area contributed by atoms with E-state index in [0.717, 1.165) is 0 Å². The van der Waals surface area contributed by atoms with Crippen LogP contribution < -0.4 is 5.32 Å². The van der Waals surface area contributed by atoms with Crippen molar-refractivity contribution in [3.05, 3.63) is 65.5 Å². The third-order valence-corrected chi connectivity index (χ3v) is 3.99. The van der Waals surface area contributed by atoms with Crippen LogP contribution in [-0.2, 0) is 4.79 Å². The summed E-state index contributed by atoms with van der Waals surface area (Å²) in [6, 6.07) is 13.3. The molecule has 112 valence electrons. The van der Waals surface area contributed by atoms with Crippen molar-refractivity contribution in [3.8, 4) is 0 Å². The topological polar surface area (TPSA) is 46.2 Å². The Hall–Kier alpha value is -2.49. The highest BCUT2D eigenvalue weighted by molar-refractivity contribution is 5.97. The first-order valence-electron chi connectivity index (χ1n) is 7.22. The zero-order valence-corrected chi connectivity index (χ0v) is 12.2. The molecule has 1 amide bonds. The first kappa shape index (κ1) is 14.4. The van der Waals surface area contributed by atoms with Crippen molar-refractivity contribution in [2.45, 2.75) is 19.3 Å². The first-order chi connectivity index (χ1) is 10.6. The van der Waals surface area contributed by atoms with Gasteiger partial charge in [0.05, 0.1) is 0 Å². The van der Waals surface area contributed by atoms with E-state index in [4.69, 9.17) is 0 Å². The lowest BCUT2D eigenvalue weighted by atomic mass is 10.1. The van der Waals surface area contributed by atoms with E-state index in [1.165, 1.54) is 13.0 Å². The van der Waals surface area contributed by atoms with Gasteiger partial charge in [-0.2, -0.15) is 0 Å². The molecule has 0 bridgehead atoms. The van der Waals surface area contributed by atoms with Crippen LogP contribution in [0.25, 0.3) is 0 Å². The van der Waals surface area contributed by atoms with Gasteiger partial charge >= 0.3 is 0 Å². The summed E-state index contributed by atoms with van der Waals surface area (Å²) >= 11 is 0. The van der Waals surface area contributed by atoms with E-state index in [0.29, 0.717) is 23.2 Å². The van der Waals surface area contributed by atoms with Crippen LogP contribution in [0.3, 0.4) is 0 Å². The molecule has 4 heteroatoms. The lowest BCUT2D eigenvalue weighted by Gasteiger charge is -2.06. The van der Waals surface area contributed by atoms with E-state index < -0.39 is 0 Å². The van der Waals surface area contributed by atoms with E-state index in [1.807, 2.05) is 0 Å². The molecule has 1 aliphatic rings. The van der Waals surface area contributed by atoms with Gasteiger partial charge in [-0.05, 0) is 55.2 Å². The number of hydrogen-bond donors (Lipinski definition) is 1. The number of carbonyl (C=O) groups is 2. The highest BCUT2D eigenvalue weighted by Crippen LogP contribution is 2.48. The van der Waals surface area contributed by atoms with E-state index in [9.17, 15) is 14.0 Å². The van der Waals surface area contributed by atoms with Crippen LogP contribution in [0.4, 0.5) is 10.1 Å². The molecule has 1 saturated carbocycles. The molecule has 1 N–H and O–H groups in total. The van der Waals surface area contributed by atoms with Gasteiger partial charge in [0.25, 0.3) is 0 Å². The lowest BCUT2D eigenvalue weighted by molar-refractivity contribution is -0.117. The molecule has 0 aliphatic heterocycles. The molecule has 3 nitrogen and oxygen atoms in total. The van der Waals surface area contributed by atoms with Gasteiger partial charge in [-0.3, -0.25) is 9.59 Å². The molecular weight excluding hydrogens is 281 g/mol. The Labute approximate surface area is 128 Å². The number of amides is 1. The Kier molecular flexibility index (Phi) is 3.75. The fourth-order valence-corrected chi connectivity index (χ4v) is 2.63. The Morgan fingerprint density at radius 1 is 1.09 bits per heavy atom. The zero-order valence-electron chi connectivity index (χ0n) is 12.2. The van der Waals surface area contributed by atoms with Crippen LogP contribution in [0.1, 0.15) is 35.2 Å². The predicted molar refractivity (Wildman–Crippen MR) is 82.3 cm³/mol. The van der Waals surface area contributed by atoms with Crippen molar-refractivity contribution >= 4 is 17.4 Å². The van der Waals surface area contributed by atoms with E-state index in [2.05, 4.69) is 5.32 Å². The van der Waals surface area contributed by atoms with Crippen molar-refractivity contribution < 1.29 is 14.0 Å². The molecule has 0 heterocycles. The summed E-state index contributed by atoms with van der Waals surface area (Å²) in [6.07, 6.45) is 0.665. The van der Waals surface area contributed by atoms with Gasteiger partial charge in [0.1, 0.15) is 5.82 Å². The summed E-state index contributed by atoms with van der Waals surface area (Å²) < 4.78 is 13.7. The molecule has 1 aliphatic carbocycles. The van der Waals surface area contributed by atoms with Gasteiger partial charge < -0.3 is 5.32 Å². The maximum Gasteiger partial charge on any atom is 0.228 e. The molecule has 0 aromatic heterocycles.